The molecule has 0 saturated heterocycles. The van der Waals surface area contributed by atoms with Crippen molar-refractivity contribution in [1.82, 2.24) is 0 Å². The van der Waals surface area contributed by atoms with E-state index in [1.165, 1.54) is 0 Å². The van der Waals surface area contributed by atoms with Crippen LogP contribution >= 0.6 is 0 Å². The lowest BCUT2D eigenvalue weighted by Crippen LogP contribution is -2.35. The van der Waals surface area contributed by atoms with E-state index in [0.717, 1.165) is 11.5 Å². The number of ether oxygens (including phenoxy) is 3. The number of benzene rings is 1. The van der Waals surface area contributed by atoms with Gasteiger partial charge in [-0.2, -0.15) is 0 Å². The topological polar surface area (TPSA) is 53.7 Å². The zero-order valence-electron chi connectivity index (χ0n) is 9.39. The van der Waals surface area contributed by atoms with Gasteiger partial charge in [-0.3, -0.25) is 0 Å². The Morgan fingerprint density at radius 1 is 1.44 bits per heavy atom. The highest BCUT2D eigenvalue weighted by atomic mass is 16.6. The summed E-state index contributed by atoms with van der Waals surface area (Å²) in [4.78, 5) is 0. The fraction of sp³-hybridized carbons (Fsp3) is 0.500. The Bertz CT molecular complexity index is 343. The molecular formula is C12H17NO3. The molecule has 0 aromatic heterocycles. The molecule has 1 heterocycles. The lowest BCUT2D eigenvalue weighted by atomic mass is 10.2. The fourth-order valence-corrected chi connectivity index (χ4v) is 1.48. The number of hydrogen-bond acceptors (Lipinski definition) is 4. The van der Waals surface area contributed by atoms with Gasteiger partial charge in [0, 0.05) is 6.54 Å². The number of hydrogen-bond donors (Lipinski definition) is 1. The van der Waals surface area contributed by atoms with Gasteiger partial charge in [-0.15, -0.1) is 0 Å². The maximum absolute atomic E-state index is 5.74. The molecule has 2 unspecified atom stereocenters. The highest BCUT2D eigenvalue weighted by Gasteiger charge is 2.21. The third-order valence-electron chi connectivity index (χ3n) is 2.47. The molecule has 1 aliphatic heterocycles. The Balaban J connectivity index is 1.88. The van der Waals surface area contributed by atoms with Crippen LogP contribution in [0.5, 0.6) is 11.5 Å². The van der Waals surface area contributed by atoms with Crippen molar-refractivity contribution in [3.63, 3.8) is 0 Å². The summed E-state index contributed by atoms with van der Waals surface area (Å²) in [5.74, 6) is 1.58. The first kappa shape index (κ1) is 11.2. The molecule has 0 bridgehead atoms. The molecule has 2 N–H and O–H groups in total. The Morgan fingerprint density at radius 2 is 2.19 bits per heavy atom. The van der Waals surface area contributed by atoms with Gasteiger partial charge >= 0.3 is 0 Å². The lowest BCUT2D eigenvalue weighted by molar-refractivity contribution is -0.0165. The van der Waals surface area contributed by atoms with Crippen LogP contribution in [0.1, 0.15) is 6.92 Å². The Hall–Kier alpha value is -1.26. The predicted octanol–water partition coefficient (Wildman–Crippen LogP) is 1.19. The van der Waals surface area contributed by atoms with Crippen molar-refractivity contribution in [2.24, 2.45) is 5.73 Å². The molecule has 0 saturated carbocycles. The molecule has 88 valence electrons. The molecule has 4 nitrogen and oxygen atoms in total. The average molecular weight is 223 g/mol. The molecule has 4 heteroatoms. The Kier molecular flexibility index (Phi) is 3.64. The summed E-state index contributed by atoms with van der Waals surface area (Å²) in [6.45, 7) is 3.49. The maximum atomic E-state index is 5.74. The molecule has 0 aliphatic carbocycles. The number of nitrogens with two attached hydrogens (primary N) is 1. The van der Waals surface area contributed by atoms with Gasteiger partial charge < -0.3 is 19.9 Å². The summed E-state index contributed by atoms with van der Waals surface area (Å²) < 4.78 is 16.8. The predicted molar refractivity (Wildman–Crippen MR) is 60.8 cm³/mol. The molecule has 1 aromatic rings. The highest BCUT2D eigenvalue weighted by Crippen LogP contribution is 2.30. The van der Waals surface area contributed by atoms with Crippen molar-refractivity contribution in [3.05, 3.63) is 24.3 Å². The zero-order chi connectivity index (χ0) is 11.4. The molecular weight excluding hydrogens is 206 g/mol. The van der Waals surface area contributed by atoms with Crippen LogP contribution in [0.25, 0.3) is 0 Å². The fourth-order valence-electron chi connectivity index (χ4n) is 1.48. The van der Waals surface area contributed by atoms with Crippen LogP contribution in [0.2, 0.25) is 0 Å². The first-order valence-corrected chi connectivity index (χ1v) is 5.49. The van der Waals surface area contributed by atoms with Crippen LogP contribution in [-0.2, 0) is 4.74 Å². The SMILES string of the molecule is CC(CN)OCC1COc2ccccc2O1. The Morgan fingerprint density at radius 3 is 2.94 bits per heavy atom. The van der Waals surface area contributed by atoms with Crippen LogP contribution < -0.4 is 15.2 Å². The number of para-hydroxylation sites is 2. The molecule has 0 radical (unpaired) electrons. The van der Waals surface area contributed by atoms with Gasteiger partial charge in [0.05, 0.1) is 12.7 Å². The second-order valence-corrected chi connectivity index (χ2v) is 3.88. The van der Waals surface area contributed by atoms with Crippen molar-refractivity contribution in [2.45, 2.75) is 19.1 Å². The summed E-state index contributed by atoms with van der Waals surface area (Å²) in [6.07, 6.45) is 0.00432. The van der Waals surface area contributed by atoms with Crippen LogP contribution in [0.3, 0.4) is 0 Å². The number of fused-ring (bicyclic) bond motifs is 1. The van der Waals surface area contributed by atoms with E-state index in [4.69, 9.17) is 19.9 Å². The first-order chi connectivity index (χ1) is 7.79. The van der Waals surface area contributed by atoms with Gasteiger partial charge in [-0.05, 0) is 19.1 Å². The van der Waals surface area contributed by atoms with Crippen LogP contribution in [0, 0.1) is 0 Å². The minimum absolute atomic E-state index is 0.0519. The van der Waals surface area contributed by atoms with Crippen molar-refractivity contribution in [3.8, 4) is 11.5 Å². The molecule has 0 spiro atoms. The molecule has 2 rings (SSSR count). The monoisotopic (exact) mass is 223 g/mol. The quantitative estimate of drug-likeness (QED) is 0.833. The maximum Gasteiger partial charge on any atom is 0.161 e. The minimum Gasteiger partial charge on any atom is -0.486 e. The van der Waals surface area contributed by atoms with Crippen LogP contribution in [0.4, 0.5) is 0 Å². The summed E-state index contributed by atoms with van der Waals surface area (Å²) in [7, 11) is 0. The van der Waals surface area contributed by atoms with Crippen molar-refractivity contribution in [2.75, 3.05) is 19.8 Å². The second-order valence-electron chi connectivity index (χ2n) is 3.88. The van der Waals surface area contributed by atoms with E-state index < -0.39 is 0 Å². The summed E-state index contributed by atoms with van der Waals surface area (Å²) in [6, 6.07) is 7.65. The summed E-state index contributed by atoms with van der Waals surface area (Å²) in [5.41, 5.74) is 5.47. The van der Waals surface area contributed by atoms with Gasteiger partial charge in [0.1, 0.15) is 6.61 Å². The van der Waals surface area contributed by atoms with E-state index in [-0.39, 0.29) is 12.2 Å². The van der Waals surface area contributed by atoms with E-state index in [1.54, 1.807) is 0 Å². The van der Waals surface area contributed by atoms with Gasteiger partial charge in [0.25, 0.3) is 0 Å². The second kappa shape index (κ2) is 5.18. The van der Waals surface area contributed by atoms with Crippen molar-refractivity contribution < 1.29 is 14.2 Å². The normalized spacial score (nSPS) is 20.5. The van der Waals surface area contributed by atoms with E-state index >= 15 is 0 Å². The smallest absolute Gasteiger partial charge is 0.161 e. The minimum atomic E-state index is -0.0519. The molecule has 2 atom stereocenters. The third-order valence-corrected chi connectivity index (χ3v) is 2.47. The molecule has 1 aliphatic rings. The Labute approximate surface area is 95.3 Å². The largest absolute Gasteiger partial charge is 0.486 e. The van der Waals surface area contributed by atoms with Gasteiger partial charge in [0.2, 0.25) is 0 Å². The van der Waals surface area contributed by atoms with Gasteiger partial charge in [-0.1, -0.05) is 12.1 Å². The average Bonchev–Trinajstić information content (AvgIpc) is 2.35. The summed E-state index contributed by atoms with van der Waals surface area (Å²) in [5, 5.41) is 0. The van der Waals surface area contributed by atoms with Crippen molar-refractivity contribution >= 4 is 0 Å². The molecule has 1 aromatic carbocycles. The van der Waals surface area contributed by atoms with Gasteiger partial charge in [0.15, 0.2) is 17.6 Å². The van der Waals surface area contributed by atoms with E-state index in [0.29, 0.717) is 19.8 Å². The molecule has 0 fully saturated rings. The van der Waals surface area contributed by atoms with Crippen LogP contribution in [-0.4, -0.2) is 32.0 Å². The van der Waals surface area contributed by atoms with Gasteiger partial charge in [-0.25, -0.2) is 0 Å². The molecule has 16 heavy (non-hydrogen) atoms. The first-order valence-electron chi connectivity index (χ1n) is 5.49. The van der Waals surface area contributed by atoms with E-state index in [9.17, 15) is 0 Å². The van der Waals surface area contributed by atoms with Crippen molar-refractivity contribution in [1.29, 1.82) is 0 Å². The highest BCUT2D eigenvalue weighted by molar-refractivity contribution is 5.40. The number of rotatable bonds is 4. The summed E-state index contributed by atoms with van der Waals surface area (Å²) >= 11 is 0. The zero-order valence-corrected chi connectivity index (χ0v) is 9.39. The standard InChI is InChI=1S/C12H17NO3/c1-9(6-13)14-7-10-8-15-11-4-2-3-5-12(11)16-10/h2-5,9-10H,6-8,13H2,1H3. The van der Waals surface area contributed by atoms with Crippen LogP contribution in [0.15, 0.2) is 24.3 Å². The lowest BCUT2D eigenvalue weighted by Gasteiger charge is -2.27. The third kappa shape index (κ3) is 2.65. The van der Waals surface area contributed by atoms with E-state index in [2.05, 4.69) is 0 Å². The molecule has 0 amide bonds. The van der Waals surface area contributed by atoms with E-state index in [1.807, 2.05) is 31.2 Å².